The van der Waals surface area contributed by atoms with E-state index in [1.54, 1.807) is 0 Å². The fraction of sp³-hybridized carbons (Fsp3) is 0.235. The number of benzene rings is 2. The molecule has 0 radical (unpaired) electrons. The van der Waals surface area contributed by atoms with E-state index < -0.39 is 0 Å². The predicted molar refractivity (Wildman–Crippen MR) is 104 cm³/mol. The van der Waals surface area contributed by atoms with Crippen molar-refractivity contribution < 1.29 is 9.45 Å². The SMILES string of the molecule is BOC(=O)CSc1nnc(Br)n1-c1ccc(C2CC2)c2ccccc12. The Hall–Kier alpha value is -1.80. The minimum atomic E-state index is -0.287. The fourth-order valence-electron chi connectivity index (χ4n) is 2.98. The van der Waals surface area contributed by atoms with Crippen molar-refractivity contribution in [3.05, 3.63) is 46.7 Å². The van der Waals surface area contributed by atoms with Gasteiger partial charge in [-0.2, -0.15) is 0 Å². The molecule has 0 saturated heterocycles. The third-order valence-corrected chi connectivity index (χ3v) is 5.75. The highest BCUT2D eigenvalue weighted by Crippen LogP contribution is 2.44. The largest absolute Gasteiger partial charge is 0.543 e. The van der Waals surface area contributed by atoms with Gasteiger partial charge in [-0.25, -0.2) is 0 Å². The molecule has 4 rings (SSSR count). The quantitative estimate of drug-likeness (QED) is 0.472. The topological polar surface area (TPSA) is 57.0 Å². The zero-order chi connectivity index (χ0) is 17.4. The molecule has 1 aliphatic rings. The van der Waals surface area contributed by atoms with Gasteiger partial charge in [-0.1, -0.05) is 42.1 Å². The Morgan fingerprint density at radius 2 is 2.00 bits per heavy atom. The first-order valence-electron chi connectivity index (χ1n) is 8.01. The normalized spacial score (nSPS) is 14.0. The van der Waals surface area contributed by atoms with Crippen LogP contribution in [0.2, 0.25) is 0 Å². The van der Waals surface area contributed by atoms with Crippen LogP contribution in [0.3, 0.4) is 0 Å². The molecule has 0 N–H and O–H groups in total. The highest BCUT2D eigenvalue weighted by molar-refractivity contribution is 9.10. The van der Waals surface area contributed by atoms with E-state index in [0.29, 0.717) is 15.8 Å². The first-order valence-corrected chi connectivity index (χ1v) is 9.79. The van der Waals surface area contributed by atoms with Crippen molar-refractivity contribution in [3.63, 3.8) is 0 Å². The zero-order valence-electron chi connectivity index (χ0n) is 13.6. The molecule has 0 aliphatic heterocycles. The summed E-state index contributed by atoms with van der Waals surface area (Å²) in [6, 6.07) is 12.7. The predicted octanol–water partition coefficient (Wildman–Crippen LogP) is 3.24. The lowest BCUT2D eigenvalue weighted by Gasteiger charge is -2.13. The van der Waals surface area contributed by atoms with Crippen LogP contribution in [-0.4, -0.2) is 34.5 Å². The number of thioether (sulfide) groups is 1. The standard InChI is InChI=1S/C17H15BBrN3O2S/c18-24-15(23)9-25-17-21-20-16(19)22(17)14-8-7-11(10-5-6-10)12-3-1-2-4-13(12)14/h1-4,7-8,10H,5-6,9,18H2. The van der Waals surface area contributed by atoms with E-state index in [1.807, 2.05) is 10.6 Å². The van der Waals surface area contributed by atoms with Crippen LogP contribution >= 0.6 is 27.7 Å². The van der Waals surface area contributed by atoms with Crippen molar-refractivity contribution in [3.8, 4) is 5.69 Å². The summed E-state index contributed by atoms with van der Waals surface area (Å²) in [4.78, 5) is 11.5. The molecule has 126 valence electrons. The molecule has 2 aromatic carbocycles. The van der Waals surface area contributed by atoms with E-state index >= 15 is 0 Å². The van der Waals surface area contributed by atoms with Gasteiger partial charge in [-0.15, -0.1) is 10.2 Å². The van der Waals surface area contributed by atoms with Crippen LogP contribution in [0.25, 0.3) is 16.5 Å². The molecule has 25 heavy (non-hydrogen) atoms. The highest BCUT2D eigenvalue weighted by atomic mass is 79.9. The molecule has 0 atom stereocenters. The smallest absolute Gasteiger partial charge is 0.326 e. The molecule has 8 heteroatoms. The van der Waals surface area contributed by atoms with Crippen LogP contribution in [0.4, 0.5) is 0 Å². The average molecular weight is 416 g/mol. The molecule has 1 aliphatic carbocycles. The first-order chi connectivity index (χ1) is 12.2. The summed E-state index contributed by atoms with van der Waals surface area (Å²) in [5.74, 6) is 0.584. The molecule has 1 saturated carbocycles. The average Bonchev–Trinajstić information content (AvgIpc) is 3.42. The van der Waals surface area contributed by atoms with E-state index in [1.165, 1.54) is 43.6 Å². The Bertz CT molecular complexity index is 958. The molecular formula is C17H15BBrN3O2S. The maximum absolute atomic E-state index is 11.5. The van der Waals surface area contributed by atoms with Crippen LogP contribution in [0.15, 0.2) is 46.3 Å². The molecule has 0 bridgehead atoms. The van der Waals surface area contributed by atoms with E-state index in [4.69, 9.17) is 4.65 Å². The number of rotatable bonds is 5. The van der Waals surface area contributed by atoms with Crippen molar-refractivity contribution in [2.75, 3.05) is 5.75 Å². The molecule has 3 aromatic rings. The lowest BCUT2D eigenvalue weighted by Crippen LogP contribution is -2.06. The number of hydrogen-bond donors (Lipinski definition) is 0. The van der Waals surface area contributed by atoms with Gasteiger partial charge in [0.2, 0.25) is 4.73 Å². The van der Waals surface area contributed by atoms with Crippen LogP contribution in [0.5, 0.6) is 0 Å². The summed E-state index contributed by atoms with van der Waals surface area (Å²) in [5, 5.41) is 11.4. The van der Waals surface area contributed by atoms with Crippen LogP contribution in [0, 0.1) is 0 Å². The summed E-state index contributed by atoms with van der Waals surface area (Å²) in [7, 11) is 1.38. The second-order valence-electron chi connectivity index (χ2n) is 5.95. The second-order valence-corrected chi connectivity index (χ2v) is 7.60. The Labute approximate surface area is 158 Å². The number of aromatic nitrogens is 3. The fourth-order valence-corrected chi connectivity index (χ4v) is 4.32. The minimum absolute atomic E-state index is 0.194. The third-order valence-electron chi connectivity index (χ3n) is 4.33. The van der Waals surface area contributed by atoms with Crippen molar-refractivity contribution in [1.29, 1.82) is 0 Å². The zero-order valence-corrected chi connectivity index (χ0v) is 16.0. The molecule has 1 heterocycles. The molecule has 1 fully saturated rings. The summed E-state index contributed by atoms with van der Waals surface area (Å²) >= 11 is 4.79. The van der Waals surface area contributed by atoms with Gasteiger partial charge in [0.25, 0.3) is 5.97 Å². The van der Waals surface area contributed by atoms with Crippen molar-refractivity contribution >= 4 is 52.5 Å². The summed E-state index contributed by atoms with van der Waals surface area (Å²) in [5.41, 5.74) is 2.41. The van der Waals surface area contributed by atoms with Gasteiger partial charge in [0.15, 0.2) is 5.16 Å². The third kappa shape index (κ3) is 3.20. The number of hydrogen-bond acceptors (Lipinski definition) is 5. The van der Waals surface area contributed by atoms with Gasteiger partial charge in [-0.3, -0.25) is 9.36 Å². The molecule has 0 amide bonds. The van der Waals surface area contributed by atoms with Crippen LogP contribution in [0.1, 0.15) is 24.3 Å². The number of halogens is 1. The maximum Gasteiger partial charge on any atom is 0.326 e. The molecule has 0 unspecified atom stereocenters. The van der Waals surface area contributed by atoms with Gasteiger partial charge >= 0.3 is 8.05 Å². The second kappa shape index (κ2) is 6.84. The first kappa shape index (κ1) is 16.7. The van der Waals surface area contributed by atoms with Crippen LogP contribution < -0.4 is 0 Å². The Morgan fingerprint density at radius 1 is 1.24 bits per heavy atom. The molecule has 1 aromatic heterocycles. The van der Waals surface area contributed by atoms with E-state index in [9.17, 15) is 4.79 Å². The molecule has 0 spiro atoms. The van der Waals surface area contributed by atoms with Crippen molar-refractivity contribution in [2.24, 2.45) is 0 Å². The summed E-state index contributed by atoms with van der Waals surface area (Å²) in [6.07, 6.45) is 2.53. The number of carbonyl (C=O) groups excluding carboxylic acids is 1. The highest BCUT2D eigenvalue weighted by Gasteiger charge is 2.26. The number of fused-ring (bicyclic) bond motifs is 1. The Kier molecular flexibility index (Phi) is 4.56. The molecular weight excluding hydrogens is 401 g/mol. The Balaban J connectivity index is 1.81. The number of carbonyl (C=O) groups is 1. The van der Waals surface area contributed by atoms with Gasteiger partial charge in [0, 0.05) is 5.39 Å². The summed E-state index contributed by atoms with van der Waals surface area (Å²) < 4.78 is 7.27. The van der Waals surface area contributed by atoms with Gasteiger partial charge < -0.3 is 4.65 Å². The van der Waals surface area contributed by atoms with Crippen molar-refractivity contribution in [2.45, 2.75) is 23.9 Å². The van der Waals surface area contributed by atoms with E-state index in [0.717, 1.165) is 11.1 Å². The Morgan fingerprint density at radius 3 is 2.72 bits per heavy atom. The minimum Gasteiger partial charge on any atom is -0.543 e. The van der Waals surface area contributed by atoms with Gasteiger partial charge in [-0.05, 0) is 51.7 Å². The van der Waals surface area contributed by atoms with E-state index in [2.05, 4.69) is 56.5 Å². The molecule has 5 nitrogen and oxygen atoms in total. The van der Waals surface area contributed by atoms with E-state index in [-0.39, 0.29) is 11.7 Å². The lowest BCUT2D eigenvalue weighted by molar-refractivity contribution is -0.131. The monoisotopic (exact) mass is 415 g/mol. The van der Waals surface area contributed by atoms with Crippen molar-refractivity contribution in [1.82, 2.24) is 14.8 Å². The number of nitrogens with zero attached hydrogens (tertiary/aromatic N) is 3. The van der Waals surface area contributed by atoms with Gasteiger partial charge in [0.05, 0.1) is 11.4 Å². The van der Waals surface area contributed by atoms with Crippen LogP contribution in [-0.2, 0) is 9.45 Å². The lowest BCUT2D eigenvalue weighted by atomic mass is 9.99. The summed E-state index contributed by atoms with van der Waals surface area (Å²) in [6.45, 7) is 0. The maximum atomic E-state index is 11.5. The van der Waals surface area contributed by atoms with Gasteiger partial charge in [0.1, 0.15) is 0 Å².